The number of hydrogen-bond acceptors (Lipinski definition) is 6. The lowest BCUT2D eigenvalue weighted by atomic mass is 10.2. The van der Waals surface area contributed by atoms with Crippen LogP contribution in [0.2, 0.25) is 0 Å². The molecule has 126 valence electrons. The summed E-state index contributed by atoms with van der Waals surface area (Å²) in [6.45, 7) is 4.07. The second kappa shape index (κ2) is 6.18. The van der Waals surface area contributed by atoms with Gasteiger partial charge in [-0.3, -0.25) is 9.69 Å². The molecule has 0 bridgehead atoms. The maximum atomic E-state index is 12.9. The predicted octanol–water partition coefficient (Wildman–Crippen LogP) is 4.34. The fourth-order valence-electron chi connectivity index (χ4n) is 2.52. The van der Waals surface area contributed by atoms with E-state index >= 15 is 0 Å². The van der Waals surface area contributed by atoms with Crippen LogP contribution in [-0.4, -0.2) is 16.0 Å². The minimum absolute atomic E-state index is 0.180. The van der Waals surface area contributed by atoms with Gasteiger partial charge in [-0.2, -0.15) is 0 Å². The van der Waals surface area contributed by atoms with Crippen LogP contribution < -0.4 is 4.90 Å². The lowest BCUT2D eigenvalue weighted by molar-refractivity contribution is 0.0947. The monoisotopic (exact) mass is 353 g/mol. The first-order valence-electron chi connectivity index (χ1n) is 7.75. The summed E-state index contributed by atoms with van der Waals surface area (Å²) in [5.41, 5.74) is 2.66. The molecule has 3 heterocycles. The quantitative estimate of drug-likeness (QED) is 0.546. The number of fused-ring (bicyclic) bond motifs is 1. The standard InChI is InChI=1S/C18H15N3O3S/c1-11-5-6-14-16(8-11)25-18(19-14)21(10-13-4-3-7-23-13)17(22)15-9-12(2)20-24-15/h3-9H,10H2,1-2H3. The molecule has 0 radical (unpaired) electrons. The number of carbonyl (C=O) groups excluding carboxylic acids is 1. The Bertz CT molecular complexity index is 1030. The highest BCUT2D eigenvalue weighted by atomic mass is 32.1. The zero-order valence-electron chi connectivity index (χ0n) is 13.7. The van der Waals surface area contributed by atoms with E-state index in [2.05, 4.69) is 16.2 Å². The number of furan rings is 1. The van der Waals surface area contributed by atoms with E-state index in [4.69, 9.17) is 8.94 Å². The summed E-state index contributed by atoms with van der Waals surface area (Å²) in [4.78, 5) is 19.1. The van der Waals surface area contributed by atoms with Crippen LogP contribution in [0.1, 0.15) is 27.6 Å². The zero-order valence-corrected chi connectivity index (χ0v) is 14.5. The molecule has 0 aliphatic heterocycles. The molecule has 0 fully saturated rings. The topological polar surface area (TPSA) is 72.4 Å². The van der Waals surface area contributed by atoms with Crippen molar-refractivity contribution in [2.75, 3.05) is 4.90 Å². The third kappa shape index (κ3) is 3.06. The average Bonchev–Trinajstić information content (AvgIpc) is 3.31. The molecule has 25 heavy (non-hydrogen) atoms. The second-order valence-corrected chi connectivity index (χ2v) is 6.78. The molecular formula is C18H15N3O3S. The van der Waals surface area contributed by atoms with E-state index in [9.17, 15) is 4.79 Å². The highest BCUT2D eigenvalue weighted by Gasteiger charge is 2.25. The summed E-state index contributed by atoms with van der Waals surface area (Å²) in [5.74, 6) is 0.548. The minimum atomic E-state index is -0.298. The number of rotatable bonds is 4. The first-order valence-corrected chi connectivity index (χ1v) is 8.56. The van der Waals surface area contributed by atoms with Crippen molar-refractivity contribution >= 4 is 32.6 Å². The molecule has 1 aromatic carbocycles. The summed E-state index contributed by atoms with van der Waals surface area (Å²) >= 11 is 1.46. The molecule has 0 aliphatic rings. The summed E-state index contributed by atoms with van der Waals surface area (Å²) < 4.78 is 11.6. The van der Waals surface area contributed by atoms with E-state index in [-0.39, 0.29) is 18.2 Å². The third-order valence-electron chi connectivity index (χ3n) is 3.74. The molecular weight excluding hydrogens is 338 g/mol. The van der Waals surface area contributed by atoms with E-state index in [1.54, 1.807) is 30.2 Å². The Labute approximate surface area is 147 Å². The van der Waals surface area contributed by atoms with Crippen LogP contribution in [-0.2, 0) is 6.54 Å². The van der Waals surface area contributed by atoms with Gasteiger partial charge in [0.05, 0.1) is 28.7 Å². The molecule has 0 unspecified atom stereocenters. The largest absolute Gasteiger partial charge is 0.467 e. The van der Waals surface area contributed by atoms with Gasteiger partial charge in [-0.1, -0.05) is 22.6 Å². The lowest BCUT2D eigenvalue weighted by Crippen LogP contribution is -2.29. The van der Waals surface area contributed by atoms with Crippen LogP contribution >= 0.6 is 11.3 Å². The first-order chi connectivity index (χ1) is 12.1. The molecule has 0 N–H and O–H groups in total. The Morgan fingerprint density at radius 3 is 2.84 bits per heavy atom. The van der Waals surface area contributed by atoms with Gasteiger partial charge in [-0.15, -0.1) is 0 Å². The average molecular weight is 353 g/mol. The minimum Gasteiger partial charge on any atom is -0.467 e. The molecule has 4 rings (SSSR count). The van der Waals surface area contributed by atoms with Crippen molar-refractivity contribution in [3.05, 3.63) is 65.4 Å². The fourth-order valence-corrected chi connectivity index (χ4v) is 3.58. The number of nitrogens with zero attached hydrogens (tertiary/aromatic N) is 3. The number of carbonyl (C=O) groups is 1. The Kier molecular flexibility index (Phi) is 3.85. The Hall–Kier alpha value is -2.93. The van der Waals surface area contributed by atoms with Crippen LogP contribution in [0.3, 0.4) is 0 Å². The van der Waals surface area contributed by atoms with Crippen molar-refractivity contribution in [2.24, 2.45) is 0 Å². The smallest absolute Gasteiger partial charge is 0.299 e. The zero-order chi connectivity index (χ0) is 17.4. The van der Waals surface area contributed by atoms with E-state index in [1.165, 1.54) is 11.3 Å². The molecule has 1 amide bonds. The van der Waals surface area contributed by atoms with E-state index < -0.39 is 0 Å². The van der Waals surface area contributed by atoms with Gasteiger partial charge < -0.3 is 8.94 Å². The van der Waals surface area contributed by atoms with Crippen LogP contribution in [0.4, 0.5) is 5.13 Å². The van der Waals surface area contributed by atoms with Gasteiger partial charge in [0.1, 0.15) is 5.76 Å². The summed E-state index contributed by atoms with van der Waals surface area (Å²) in [5, 5.41) is 4.40. The normalized spacial score (nSPS) is 11.1. The van der Waals surface area contributed by atoms with Crippen LogP contribution in [0.15, 0.2) is 51.6 Å². The van der Waals surface area contributed by atoms with Crippen molar-refractivity contribution in [1.29, 1.82) is 0 Å². The number of thiazole rings is 1. The van der Waals surface area contributed by atoms with E-state index in [0.29, 0.717) is 16.6 Å². The van der Waals surface area contributed by atoms with Gasteiger partial charge >= 0.3 is 0 Å². The molecule has 0 saturated carbocycles. The molecule has 6 nitrogen and oxygen atoms in total. The lowest BCUT2D eigenvalue weighted by Gasteiger charge is -2.16. The Morgan fingerprint density at radius 1 is 1.24 bits per heavy atom. The SMILES string of the molecule is Cc1ccc2nc(N(Cc3ccco3)C(=O)c3cc(C)no3)sc2c1. The highest BCUT2D eigenvalue weighted by Crippen LogP contribution is 2.31. The predicted molar refractivity (Wildman–Crippen MR) is 94.8 cm³/mol. The molecule has 0 atom stereocenters. The summed E-state index contributed by atoms with van der Waals surface area (Å²) in [7, 11) is 0. The van der Waals surface area contributed by atoms with Crippen molar-refractivity contribution in [2.45, 2.75) is 20.4 Å². The molecule has 0 saturated heterocycles. The number of benzene rings is 1. The van der Waals surface area contributed by atoms with E-state index in [0.717, 1.165) is 15.8 Å². The Balaban J connectivity index is 1.76. The summed E-state index contributed by atoms with van der Waals surface area (Å²) in [6, 6.07) is 11.3. The number of aryl methyl sites for hydroxylation is 2. The van der Waals surface area contributed by atoms with Crippen LogP contribution in [0, 0.1) is 13.8 Å². The maximum Gasteiger partial charge on any atom is 0.299 e. The molecule has 0 spiro atoms. The van der Waals surface area contributed by atoms with Gasteiger partial charge in [0.15, 0.2) is 5.13 Å². The van der Waals surface area contributed by atoms with Crippen LogP contribution in [0.25, 0.3) is 10.2 Å². The summed E-state index contributed by atoms with van der Waals surface area (Å²) in [6.07, 6.45) is 1.58. The number of amides is 1. The number of anilines is 1. The van der Waals surface area contributed by atoms with Crippen LogP contribution in [0.5, 0.6) is 0 Å². The highest BCUT2D eigenvalue weighted by molar-refractivity contribution is 7.22. The fraction of sp³-hybridized carbons (Fsp3) is 0.167. The first kappa shape index (κ1) is 15.6. The molecule has 3 aromatic heterocycles. The van der Waals surface area contributed by atoms with Crippen molar-refractivity contribution in [1.82, 2.24) is 10.1 Å². The van der Waals surface area contributed by atoms with Gasteiger partial charge in [0.2, 0.25) is 5.76 Å². The Morgan fingerprint density at radius 2 is 2.12 bits per heavy atom. The second-order valence-electron chi connectivity index (χ2n) is 5.77. The van der Waals surface area contributed by atoms with Gasteiger partial charge in [-0.05, 0) is 43.7 Å². The van der Waals surface area contributed by atoms with Gasteiger partial charge in [0, 0.05) is 6.07 Å². The van der Waals surface area contributed by atoms with Gasteiger partial charge in [0.25, 0.3) is 5.91 Å². The number of hydrogen-bond donors (Lipinski definition) is 0. The molecule has 4 aromatic rings. The third-order valence-corrected chi connectivity index (χ3v) is 4.78. The number of aromatic nitrogens is 2. The van der Waals surface area contributed by atoms with Gasteiger partial charge in [-0.25, -0.2) is 4.98 Å². The molecule has 0 aliphatic carbocycles. The van der Waals surface area contributed by atoms with E-state index in [1.807, 2.05) is 25.1 Å². The maximum absolute atomic E-state index is 12.9. The van der Waals surface area contributed by atoms with Crippen molar-refractivity contribution in [3.63, 3.8) is 0 Å². The molecule has 7 heteroatoms. The van der Waals surface area contributed by atoms with Crippen molar-refractivity contribution < 1.29 is 13.7 Å². The van der Waals surface area contributed by atoms with Crippen molar-refractivity contribution in [3.8, 4) is 0 Å².